The molecule has 1 amide bonds. The van der Waals surface area contributed by atoms with E-state index < -0.39 is 0 Å². The topological polar surface area (TPSA) is 91.7 Å². The van der Waals surface area contributed by atoms with Gasteiger partial charge in [0.1, 0.15) is 17.3 Å². The van der Waals surface area contributed by atoms with Crippen molar-refractivity contribution < 1.29 is 4.79 Å². The number of rotatable bonds is 7. The van der Waals surface area contributed by atoms with Gasteiger partial charge in [0.25, 0.3) is 5.91 Å². The van der Waals surface area contributed by atoms with Crippen molar-refractivity contribution in [2.45, 2.75) is 39.7 Å². The van der Waals surface area contributed by atoms with E-state index in [4.69, 9.17) is 4.98 Å². The number of fused-ring (bicyclic) bond motifs is 1. The highest BCUT2D eigenvalue weighted by atomic mass is 16.2. The Kier molecular flexibility index (Phi) is 6.18. The molecule has 8 nitrogen and oxygen atoms in total. The molecular weight excluding hydrogens is 414 g/mol. The van der Waals surface area contributed by atoms with Gasteiger partial charge >= 0.3 is 0 Å². The third-order valence-corrected chi connectivity index (χ3v) is 6.00. The van der Waals surface area contributed by atoms with Gasteiger partial charge in [-0.05, 0) is 31.9 Å². The van der Waals surface area contributed by atoms with Crippen LogP contribution in [0, 0.1) is 13.8 Å². The molecule has 1 aromatic carbocycles. The molecule has 2 N–H and O–H groups in total. The average molecular weight is 446 g/mol. The van der Waals surface area contributed by atoms with Crippen LogP contribution in [0.25, 0.3) is 10.9 Å². The molecule has 0 unspecified atom stereocenters. The van der Waals surface area contributed by atoms with Gasteiger partial charge in [-0.15, -0.1) is 0 Å². The zero-order valence-electron chi connectivity index (χ0n) is 20.1. The first-order valence-electron chi connectivity index (χ1n) is 11.2. The van der Waals surface area contributed by atoms with Crippen LogP contribution in [0.2, 0.25) is 0 Å². The van der Waals surface area contributed by atoms with Crippen LogP contribution in [-0.4, -0.2) is 44.7 Å². The number of nitrogens with zero attached hydrogens (tertiary/aromatic N) is 5. The summed E-state index contributed by atoms with van der Waals surface area (Å²) in [7, 11) is 5.71. The Morgan fingerprint density at radius 2 is 1.97 bits per heavy atom. The molecule has 1 atom stereocenters. The van der Waals surface area contributed by atoms with Gasteiger partial charge in [-0.1, -0.05) is 25.1 Å². The van der Waals surface area contributed by atoms with Gasteiger partial charge in [0.2, 0.25) is 0 Å². The van der Waals surface area contributed by atoms with Crippen molar-refractivity contribution >= 4 is 22.6 Å². The molecule has 8 heteroatoms. The minimum atomic E-state index is -0.337. The summed E-state index contributed by atoms with van der Waals surface area (Å²) in [6, 6.07) is 9.79. The number of para-hydroxylation sites is 1. The molecular formula is C25H31N7O. The largest absolute Gasteiger partial charge is 0.363 e. The molecule has 4 rings (SSSR count). The third-order valence-electron chi connectivity index (χ3n) is 6.00. The van der Waals surface area contributed by atoms with E-state index >= 15 is 0 Å². The number of aryl methyl sites for hydroxylation is 3. The molecule has 3 heterocycles. The third kappa shape index (κ3) is 4.46. The van der Waals surface area contributed by atoms with Crippen LogP contribution in [0.5, 0.6) is 0 Å². The molecule has 172 valence electrons. The summed E-state index contributed by atoms with van der Waals surface area (Å²) in [5.41, 5.74) is 5.39. The van der Waals surface area contributed by atoms with Crippen molar-refractivity contribution in [3.63, 3.8) is 0 Å². The Balaban J connectivity index is 1.75. The van der Waals surface area contributed by atoms with Gasteiger partial charge in [0.05, 0.1) is 17.4 Å². The van der Waals surface area contributed by atoms with Crippen LogP contribution in [0.1, 0.15) is 51.8 Å². The standard InChI is InChI=1S/C25H31N7O/c1-7-19-15(2)24(32(6)30-19)25(33)29-21(22-13-23(31(4)5)28-16(3)27-22)12-17-14-26-20-11-9-8-10-18(17)20/h8-11,13-14,21,26H,7,12H2,1-6H3,(H,29,33)/t21-/m1/s1. The van der Waals surface area contributed by atoms with E-state index in [-0.39, 0.29) is 11.9 Å². The van der Waals surface area contributed by atoms with Gasteiger partial charge in [-0.25, -0.2) is 9.97 Å². The summed E-state index contributed by atoms with van der Waals surface area (Å²) in [5.74, 6) is 1.31. The van der Waals surface area contributed by atoms with Crippen LogP contribution in [0.3, 0.4) is 0 Å². The molecule has 0 fully saturated rings. The molecule has 0 aliphatic rings. The highest BCUT2D eigenvalue weighted by molar-refractivity contribution is 5.94. The lowest BCUT2D eigenvalue weighted by Gasteiger charge is -2.21. The van der Waals surface area contributed by atoms with E-state index in [0.717, 1.165) is 45.7 Å². The smallest absolute Gasteiger partial charge is 0.270 e. The molecule has 0 bridgehead atoms. The number of aromatic nitrogens is 5. The summed E-state index contributed by atoms with van der Waals surface area (Å²) < 4.78 is 1.67. The van der Waals surface area contributed by atoms with Crippen LogP contribution >= 0.6 is 0 Å². The monoisotopic (exact) mass is 445 g/mol. The molecule has 33 heavy (non-hydrogen) atoms. The van der Waals surface area contributed by atoms with Crippen molar-refractivity contribution in [3.8, 4) is 0 Å². The molecule has 0 saturated heterocycles. The Bertz CT molecular complexity index is 1300. The predicted octanol–water partition coefficient (Wildman–Crippen LogP) is 3.65. The quantitative estimate of drug-likeness (QED) is 0.453. The van der Waals surface area contributed by atoms with Gasteiger partial charge in [-0.3, -0.25) is 9.48 Å². The van der Waals surface area contributed by atoms with E-state index in [1.807, 2.05) is 71.2 Å². The molecule has 0 aliphatic carbocycles. The summed E-state index contributed by atoms with van der Waals surface area (Å²) in [4.78, 5) is 28.0. The fourth-order valence-corrected chi connectivity index (χ4v) is 4.30. The minimum Gasteiger partial charge on any atom is -0.363 e. The number of carbonyl (C=O) groups is 1. The predicted molar refractivity (Wildman–Crippen MR) is 131 cm³/mol. The van der Waals surface area contributed by atoms with E-state index in [1.54, 1.807) is 4.68 Å². The van der Waals surface area contributed by atoms with Crippen molar-refractivity contribution in [2.75, 3.05) is 19.0 Å². The Morgan fingerprint density at radius 3 is 2.67 bits per heavy atom. The van der Waals surface area contributed by atoms with Crippen LogP contribution in [0.4, 0.5) is 5.82 Å². The van der Waals surface area contributed by atoms with Crippen LogP contribution in [-0.2, 0) is 19.9 Å². The second-order valence-corrected chi connectivity index (χ2v) is 8.58. The maximum Gasteiger partial charge on any atom is 0.270 e. The van der Waals surface area contributed by atoms with E-state index in [2.05, 4.69) is 32.5 Å². The first-order chi connectivity index (χ1) is 15.8. The SMILES string of the molecule is CCc1nn(C)c(C(=O)N[C@H](Cc2c[nH]c3ccccc23)c2cc(N(C)C)nc(C)n2)c1C. The Morgan fingerprint density at radius 1 is 1.21 bits per heavy atom. The number of benzene rings is 1. The van der Waals surface area contributed by atoms with E-state index in [1.165, 1.54) is 0 Å². The number of anilines is 1. The normalized spacial score (nSPS) is 12.2. The van der Waals surface area contributed by atoms with Crippen LogP contribution in [0.15, 0.2) is 36.5 Å². The number of hydrogen-bond acceptors (Lipinski definition) is 5. The molecule has 4 aromatic rings. The maximum absolute atomic E-state index is 13.5. The molecule has 3 aromatic heterocycles. The van der Waals surface area contributed by atoms with Crippen molar-refractivity contribution in [3.05, 3.63) is 70.6 Å². The fourth-order valence-electron chi connectivity index (χ4n) is 4.30. The van der Waals surface area contributed by atoms with Gasteiger partial charge < -0.3 is 15.2 Å². The molecule has 0 saturated carbocycles. The van der Waals surface area contributed by atoms with Crippen LogP contribution < -0.4 is 10.2 Å². The number of carbonyl (C=O) groups excluding carboxylic acids is 1. The van der Waals surface area contributed by atoms with Gasteiger partial charge in [0, 0.05) is 56.3 Å². The van der Waals surface area contributed by atoms with Crippen molar-refractivity contribution in [1.82, 2.24) is 30.0 Å². The molecule has 0 spiro atoms. The highest BCUT2D eigenvalue weighted by Crippen LogP contribution is 2.26. The van der Waals surface area contributed by atoms with Crippen molar-refractivity contribution in [1.29, 1.82) is 0 Å². The second-order valence-electron chi connectivity index (χ2n) is 8.58. The summed E-state index contributed by atoms with van der Waals surface area (Å²) in [6.07, 6.45) is 3.38. The summed E-state index contributed by atoms with van der Waals surface area (Å²) in [5, 5.41) is 8.90. The Labute approximate surface area is 194 Å². The lowest BCUT2D eigenvalue weighted by Crippen LogP contribution is -2.32. The maximum atomic E-state index is 13.5. The van der Waals surface area contributed by atoms with Gasteiger partial charge in [-0.2, -0.15) is 5.10 Å². The van der Waals surface area contributed by atoms with E-state index in [9.17, 15) is 4.79 Å². The second kappa shape index (κ2) is 9.05. The summed E-state index contributed by atoms with van der Waals surface area (Å²) in [6.45, 7) is 5.87. The first-order valence-corrected chi connectivity index (χ1v) is 11.2. The van der Waals surface area contributed by atoms with Gasteiger partial charge in [0.15, 0.2) is 0 Å². The number of aromatic amines is 1. The van der Waals surface area contributed by atoms with E-state index in [0.29, 0.717) is 17.9 Å². The first kappa shape index (κ1) is 22.5. The molecule has 0 radical (unpaired) electrons. The Hall–Kier alpha value is -3.68. The lowest BCUT2D eigenvalue weighted by molar-refractivity contribution is 0.0925. The number of nitrogens with one attached hydrogen (secondary N) is 2. The number of H-pyrrole nitrogens is 1. The minimum absolute atomic E-state index is 0.158. The molecule has 0 aliphatic heterocycles. The number of amides is 1. The van der Waals surface area contributed by atoms with Crippen molar-refractivity contribution in [2.24, 2.45) is 7.05 Å². The fraction of sp³-hybridized carbons (Fsp3) is 0.360. The zero-order chi connectivity index (χ0) is 23.7. The lowest BCUT2D eigenvalue weighted by atomic mass is 10.0. The zero-order valence-corrected chi connectivity index (χ0v) is 20.1. The summed E-state index contributed by atoms with van der Waals surface area (Å²) >= 11 is 0. The number of hydrogen-bond donors (Lipinski definition) is 2. The highest BCUT2D eigenvalue weighted by Gasteiger charge is 2.24. The average Bonchev–Trinajstić information content (AvgIpc) is 3.32.